The summed E-state index contributed by atoms with van der Waals surface area (Å²) < 4.78 is 27.9. The van der Waals surface area contributed by atoms with Crippen molar-refractivity contribution in [2.45, 2.75) is 12.8 Å². The van der Waals surface area contributed by atoms with Crippen LogP contribution in [-0.4, -0.2) is 83.3 Å². The van der Waals surface area contributed by atoms with Gasteiger partial charge in [-0.3, -0.25) is 4.79 Å². The van der Waals surface area contributed by atoms with Crippen LogP contribution in [0.1, 0.15) is 24.0 Å². The molecule has 0 radical (unpaired) electrons. The maximum absolute atomic E-state index is 12.6. The van der Waals surface area contributed by atoms with Crippen LogP contribution in [0.5, 0.6) is 5.75 Å². The smallest absolute Gasteiger partial charge is 0.409 e. The molecule has 1 aliphatic rings. The van der Waals surface area contributed by atoms with Gasteiger partial charge in [-0.25, -0.2) is 4.79 Å². The summed E-state index contributed by atoms with van der Waals surface area (Å²) in [6.45, 7) is 5.21. The third-order valence-corrected chi connectivity index (χ3v) is 6.63. The molecule has 4 rings (SSSR count). The molecule has 9 nitrogen and oxygen atoms in total. The summed E-state index contributed by atoms with van der Waals surface area (Å²) in [6, 6.07) is 23.7. The van der Waals surface area contributed by atoms with E-state index >= 15 is 0 Å². The molecule has 3 aromatic carbocycles. The van der Waals surface area contributed by atoms with Gasteiger partial charge in [0.05, 0.1) is 39.6 Å². The molecule has 0 fully saturated rings. The minimum Gasteiger partial charge on any atom is -0.491 e. The highest BCUT2D eigenvalue weighted by atomic mass is 16.6. The van der Waals surface area contributed by atoms with Crippen molar-refractivity contribution < 1.29 is 33.3 Å². The SMILES string of the molecule is CC(=O)Nc1ccc(OCCOCCOCCOCCN(C)C(=O)OCC2c3ccccc3-c3ccccc32)cc1. The topological polar surface area (TPSA) is 95.6 Å². The average molecular weight is 563 g/mol. The molecule has 0 aliphatic heterocycles. The van der Waals surface area contributed by atoms with Gasteiger partial charge < -0.3 is 33.9 Å². The van der Waals surface area contributed by atoms with E-state index < -0.39 is 0 Å². The average Bonchev–Trinajstić information content (AvgIpc) is 3.30. The normalized spacial score (nSPS) is 12.0. The number of nitrogens with zero attached hydrogens (tertiary/aromatic N) is 1. The molecule has 0 bridgehead atoms. The Hall–Kier alpha value is -3.92. The first-order valence-electron chi connectivity index (χ1n) is 13.8. The van der Waals surface area contributed by atoms with Crippen molar-refractivity contribution in [2.75, 3.05) is 71.8 Å². The molecular weight excluding hydrogens is 524 g/mol. The number of ether oxygens (including phenoxy) is 5. The van der Waals surface area contributed by atoms with Gasteiger partial charge in [0.1, 0.15) is 19.0 Å². The molecule has 0 heterocycles. The number of rotatable bonds is 16. The van der Waals surface area contributed by atoms with E-state index in [2.05, 4.69) is 29.6 Å². The summed E-state index contributed by atoms with van der Waals surface area (Å²) in [5, 5.41) is 2.71. The zero-order valence-corrected chi connectivity index (χ0v) is 23.7. The standard InChI is InChI=1S/C32H38N2O7/c1-24(35)33-25-11-13-26(14-12-25)40-22-21-39-20-19-38-18-17-37-16-15-34(2)32(36)41-23-31-29-9-5-3-7-27(29)28-8-4-6-10-30(28)31/h3-14,31H,15-23H2,1-2H3,(H,33,35). The molecule has 0 saturated heterocycles. The Morgan fingerprint density at radius 3 is 1.85 bits per heavy atom. The van der Waals surface area contributed by atoms with Crippen molar-refractivity contribution in [2.24, 2.45) is 0 Å². The molecule has 0 saturated carbocycles. The third-order valence-electron chi connectivity index (χ3n) is 6.63. The molecule has 218 valence electrons. The highest BCUT2D eigenvalue weighted by molar-refractivity contribution is 5.88. The number of anilines is 1. The predicted octanol–water partition coefficient (Wildman–Crippen LogP) is 4.95. The van der Waals surface area contributed by atoms with Crippen LogP contribution >= 0.6 is 0 Å². The molecular formula is C32H38N2O7. The Morgan fingerprint density at radius 2 is 1.27 bits per heavy atom. The van der Waals surface area contributed by atoms with E-state index in [-0.39, 0.29) is 17.9 Å². The van der Waals surface area contributed by atoms with Crippen molar-refractivity contribution >= 4 is 17.7 Å². The van der Waals surface area contributed by atoms with E-state index in [4.69, 9.17) is 23.7 Å². The predicted molar refractivity (Wildman–Crippen MR) is 156 cm³/mol. The second-order valence-corrected chi connectivity index (χ2v) is 9.62. The van der Waals surface area contributed by atoms with Crippen LogP contribution in [0.15, 0.2) is 72.8 Å². The summed E-state index contributed by atoms with van der Waals surface area (Å²) >= 11 is 0. The van der Waals surface area contributed by atoms with Crippen LogP contribution in [-0.2, 0) is 23.7 Å². The number of likely N-dealkylation sites (N-methyl/N-ethyl adjacent to an activating group) is 1. The van der Waals surface area contributed by atoms with Gasteiger partial charge in [0, 0.05) is 32.1 Å². The fourth-order valence-corrected chi connectivity index (χ4v) is 4.60. The minimum absolute atomic E-state index is 0.0409. The molecule has 3 aromatic rings. The van der Waals surface area contributed by atoms with Crippen molar-refractivity contribution in [3.63, 3.8) is 0 Å². The van der Waals surface area contributed by atoms with Crippen LogP contribution in [0, 0.1) is 0 Å². The molecule has 1 aliphatic carbocycles. The van der Waals surface area contributed by atoms with E-state index in [1.165, 1.54) is 34.1 Å². The lowest BCUT2D eigenvalue weighted by atomic mass is 9.98. The first-order valence-corrected chi connectivity index (χ1v) is 13.8. The lowest BCUT2D eigenvalue weighted by Crippen LogP contribution is -2.32. The van der Waals surface area contributed by atoms with Crippen molar-refractivity contribution in [3.8, 4) is 16.9 Å². The summed E-state index contributed by atoms with van der Waals surface area (Å²) in [6.07, 6.45) is -0.366. The minimum atomic E-state index is -0.366. The molecule has 0 aromatic heterocycles. The number of fused-ring (bicyclic) bond motifs is 3. The number of carbonyl (C=O) groups is 2. The number of carbonyl (C=O) groups excluding carboxylic acids is 2. The molecule has 9 heteroatoms. The van der Waals surface area contributed by atoms with E-state index in [1.54, 1.807) is 31.3 Å². The zero-order valence-electron chi connectivity index (χ0n) is 23.7. The van der Waals surface area contributed by atoms with Crippen molar-refractivity contribution in [1.82, 2.24) is 4.90 Å². The van der Waals surface area contributed by atoms with Gasteiger partial charge in [0.15, 0.2) is 0 Å². The van der Waals surface area contributed by atoms with Crippen LogP contribution in [0.2, 0.25) is 0 Å². The lowest BCUT2D eigenvalue weighted by Gasteiger charge is -2.19. The third kappa shape index (κ3) is 9.04. The maximum atomic E-state index is 12.6. The Labute approximate surface area is 241 Å². The van der Waals surface area contributed by atoms with E-state index in [0.717, 1.165) is 5.69 Å². The zero-order chi connectivity index (χ0) is 28.9. The maximum Gasteiger partial charge on any atom is 0.409 e. The fourth-order valence-electron chi connectivity index (χ4n) is 4.60. The Balaban J connectivity index is 0.995. The van der Waals surface area contributed by atoms with Crippen LogP contribution < -0.4 is 10.1 Å². The first kappa shape index (κ1) is 30.0. The number of nitrogens with one attached hydrogen (secondary N) is 1. The number of hydrogen-bond donors (Lipinski definition) is 1. The first-order chi connectivity index (χ1) is 20.0. The van der Waals surface area contributed by atoms with Gasteiger partial charge in [-0.2, -0.15) is 0 Å². The molecule has 41 heavy (non-hydrogen) atoms. The summed E-state index contributed by atoms with van der Waals surface area (Å²) in [5.41, 5.74) is 5.52. The van der Waals surface area contributed by atoms with Crippen LogP contribution in [0.4, 0.5) is 10.5 Å². The second-order valence-electron chi connectivity index (χ2n) is 9.62. The highest BCUT2D eigenvalue weighted by Crippen LogP contribution is 2.44. The van der Waals surface area contributed by atoms with Gasteiger partial charge >= 0.3 is 6.09 Å². The molecule has 0 spiro atoms. The Morgan fingerprint density at radius 1 is 0.732 bits per heavy atom. The van der Waals surface area contributed by atoms with Crippen LogP contribution in [0.3, 0.4) is 0 Å². The molecule has 2 amide bonds. The number of benzene rings is 3. The van der Waals surface area contributed by atoms with Gasteiger partial charge in [0.2, 0.25) is 5.91 Å². The van der Waals surface area contributed by atoms with Gasteiger partial charge in [-0.1, -0.05) is 48.5 Å². The number of amides is 2. The quantitative estimate of drug-likeness (QED) is 0.247. The van der Waals surface area contributed by atoms with Crippen molar-refractivity contribution in [1.29, 1.82) is 0 Å². The van der Waals surface area contributed by atoms with E-state index in [1.807, 2.05) is 24.3 Å². The molecule has 0 unspecified atom stereocenters. The Bertz CT molecular complexity index is 1220. The van der Waals surface area contributed by atoms with Crippen LogP contribution in [0.25, 0.3) is 11.1 Å². The summed E-state index contributed by atoms with van der Waals surface area (Å²) in [4.78, 5) is 25.1. The monoisotopic (exact) mass is 562 g/mol. The second kappa shape index (κ2) is 15.8. The fraction of sp³-hybridized carbons (Fsp3) is 0.375. The van der Waals surface area contributed by atoms with Crippen molar-refractivity contribution in [3.05, 3.63) is 83.9 Å². The Kier molecular flexibility index (Phi) is 11.5. The number of hydrogen-bond acceptors (Lipinski definition) is 7. The summed E-state index contributed by atoms with van der Waals surface area (Å²) in [7, 11) is 1.71. The van der Waals surface area contributed by atoms with Gasteiger partial charge in [0.25, 0.3) is 0 Å². The van der Waals surface area contributed by atoms with Gasteiger partial charge in [-0.05, 0) is 46.5 Å². The largest absolute Gasteiger partial charge is 0.491 e. The lowest BCUT2D eigenvalue weighted by molar-refractivity contribution is -0.114. The van der Waals surface area contributed by atoms with E-state index in [9.17, 15) is 9.59 Å². The highest BCUT2D eigenvalue weighted by Gasteiger charge is 2.29. The summed E-state index contributed by atoms with van der Waals surface area (Å²) in [5.74, 6) is 0.638. The molecule has 0 atom stereocenters. The van der Waals surface area contributed by atoms with Gasteiger partial charge in [-0.15, -0.1) is 0 Å². The molecule has 1 N–H and O–H groups in total. The van der Waals surface area contributed by atoms with E-state index in [0.29, 0.717) is 65.1 Å².